The van der Waals surface area contributed by atoms with Crippen LogP contribution in [-0.4, -0.2) is 38.8 Å². The van der Waals surface area contributed by atoms with Crippen LogP contribution in [0.25, 0.3) is 0 Å². The maximum atomic E-state index is 5.99. The van der Waals surface area contributed by atoms with E-state index in [2.05, 4.69) is 35.4 Å². The van der Waals surface area contributed by atoms with Crippen molar-refractivity contribution in [1.29, 1.82) is 0 Å². The summed E-state index contributed by atoms with van der Waals surface area (Å²) in [5.74, 6) is 0.518. The zero-order valence-electron chi connectivity index (χ0n) is 14.1. The van der Waals surface area contributed by atoms with Crippen molar-refractivity contribution in [2.24, 2.45) is 5.92 Å². The van der Waals surface area contributed by atoms with Crippen LogP contribution in [0.4, 0.5) is 0 Å². The van der Waals surface area contributed by atoms with Crippen LogP contribution in [-0.2, 0) is 17.8 Å². The molecule has 1 aliphatic heterocycles. The van der Waals surface area contributed by atoms with Crippen molar-refractivity contribution < 1.29 is 4.74 Å². The van der Waals surface area contributed by atoms with Gasteiger partial charge in [0.05, 0.1) is 5.69 Å². The van der Waals surface area contributed by atoms with Gasteiger partial charge >= 0.3 is 0 Å². The quantitative estimate of drug-likeness (QED) is 0.811. The first-order valence-electron chi connectivity index (χ1n) is 8.62. The molecule has 1 aliphatic rings. The lowest BCUT2D eigenvalue weighted by Crippen LogP contribution is -2.33. The highest BCUT2D eigenvalue weighted by Gasteiger charge is 2.31. The van der Waals surface area contributed by atoms with Gasteiger partial charge in [-0.05, 0) is 38.8 Å². The molecule has 2 aromatic heterocycles. The van der Waals surface area contributed by atoms with Crippen LogP contribution >= 0.6 is 0 Å². The smallest absolute Gasteiger partial charge is 0.103 e. The Labute approximate surface area is 137 Å². The minimum Gasteiger partial charge on any atom is -0.372 e. The third-order valence-electron chi connectivity index (χ3n) is 4.63. The minimum absolute atomic E-state index is 0.170. The molecule has 6 nitrogen and oxygen atoms in total. The Hall–Kier alpha value is -1.66. The predicted molar refractivity (Wildman–Crippen MR) is 89.0 cm³/mol. The van der Waals surface area contributed by atoms with Gasteiger partial charge in [0.1, 0.15) is 6.10 Å². The molecule has 1 unspecified atom stereocenters. The Morgan fingerprint density at radius 2 is 2.30 bits per heavy atom. The van der Waals surface area contributed by atoms with Crippen LogP contribution in [0.15, 0.2) is 30.7 Å². The average molecular weight is 317 g/mol. The van der Waals surface area contributed by atoms with Gasteiger partial charge in [-0.25, -0.2) is 0 Å². The third kappa shape index (κ3) is 4.00. The van der Waals surface area contributed by atoms with Crippen molar-refractivity contribution >= 4 is 0 Å². The van der Waals surface area contributed by atoms with Crippen molar-refractivity contribution in [2.45, 2.75) is 51.9 Å². The number of ether oxygens (including phenoxy) is 1. The molecule has 0 bridgehead atoms. The van der Waals surface area contributed by atoms with Gasteiger partial charge in [0.25, 0.3) is 0 Å². The Balaban J connectivity index is 1.49. The molecule has 2 aromatic rings. The largest absolute Gasteiger partial charge is 0.372 e. The van der Waals surface area contributed by atoms with Crippen LogP contribution in [0.2, 0.25) is 0 Å². The summed E-state index contributed by atoms with van der Waals surface area (Å²) >= 11 is 0. The molecule has 6 heteroatoms. The van der Waals surface area contributed by atoms with E-state index in [0.717, 1.165) is 39.1 Å². The average Bonchev–Trinajstić information content (AvgIpc) is 3.31. The monoisotopic (exact) mass is 317 g/mol. The second-order valence-corrected chi connectivity index (χ2v) is 6.28. The highest BCUT2D eigenvalue weighted by atomic mass is 16.5. The molecule has 126 valence electrons. The topological polar surface area (TPSA) is 56.9 Å². The summed E-state index contributed by atoms with van der Waals surface area (Å²) in [5.41, 5.74) is 1.21. The highest BCUT2D eigenvalue weighted by Crippen LogP contribution is 2.34. The second-order valence-electron chi connectivity index (χ2n) is 6.28. The summed E-state index contributed by atoms with van der Waals surface area (Å²) in [7, 11) is 0. The molecular weight excluding hydrogens is 290 g/mol. The molecule has 3 heterocycles. The summed E-state index contributed by atoms with van der Waals surface area (Å²) < 4.78 is 10.0. The van der Waals surface area contributed by atoms with E-state index in [4.69, 9.17) is 4.74 Å². The van der Waals surface area contributed by atoms with Crippen molar-refractivity contribution in [3.8, 4) is 0 Å². The van der Waals surface area contributed by atoms with Gasteiger partial charge in [-0.1, -0.05) is 0 Å². The van der Waals surface area contributed by atoms with E-state index in [1.165, 1.54) is 5.69 Å². The molecule has 23 heavy (non-hydrogen) atoms. The molecule has 3 rings (SSSR count). The summed E-state index contributed by atoms with van der Waals surface area (Å²) in [6.07, 6.45) is 8.07. The number of nitrogens with zero attached hydrogens (tertiary/aromatic N) is 4. The maximum Gasteiger partial charge on any atom is 0.103 e. The standard InChI is InChI=1S/C17H27N5O/c1-3-22-16(5-9-20-22)17-15(7-12-23-17)13-18-14(2)6-11-21-10-4-8-19-21/h4-5,8-10,14-15,17-18H,3,6-7,11-13H2,1-2H3/t14?,15-,17+/m0/s1. The van der Waals surface area contributed by atoms with Crippen molar-refractivity contribution in [2.75, 3.05) is 13.2 Å². The molecule has 0 aromatic carbocycles. The lowest BCUT2D eigenvalue weighted by molar-refractivity contribution is 0.0824. The molecule has 3 atom stereocenters. The highest BCUT2D eigenvalue weighted by molar-refractivity contribution is 5.08. The number of rotatable bonds is 8. The zero-order chi connectivity index (χ0) is 16.1. The molecule has 0 aliphatic carbocycles. The first-order chi connectivity index (χ1) is 11.3. The molecule has 0 spiro atoms. The van der Waals surface area contributed by atoms with Gasteiger partial charge in [-0.3, -0.25) is 9.36 Å². The second kappa shape index (κ2) is 7.75. The molecule has 1 N–H and O–H groups in total. The normalized spacial score (nSPS) is 22.5. The number of aromatic nitrogens is 4. The summed E-state index contributed by atoms with van der Waals surface area (Å²) in [6, 6.07) is 4.53. The van der Waals surface area contributed by atoms with Gasteiger partial charge in [0.2, 0.25) is 0 Å². The zero-order valence-corrected chi connectivity index (χ0v) is 14.1. The van der Waals surface area contributed by atoms with Crippen LogP contribution in [0.5, 0.6) is 0 Å². The van der Waals surface area contributed by atoms with Crippen molar-refractivity contribution in [3.63, 3.8) is 0 Å². The van der Waals surface area contributed by atoms with Crippen molar-refractivity contribution in [3.05, 3.63) is 36.4 Å². The van der Waals surface area contributed by atoms with Crippen LogP contribution < -0.4 is 5.32 Å². The van der Waals surface area contributed by atoms with E-state index in [0.29, 0.717) is 12.0 Å². The van der Waals surface area contributed by atoms with Gasteiger partial charge in [0.15, 0.2) is 0 Å². The maximum absolute atomic E-state index is 5.99. The fraction of sp³-hybridized carbons (Fsp3) is 0.647. The van der Waals surface area contributed by atoms with E-state index >= 15 is 0 Å². The van der Waals surface area contributed by atoms with E-state index < -0.39 is 0 Å². The van der Waals surface area contributed by atoms with E-state index in [1.54, 1.807) is 0 Å². The van der Waals surface area contributed by atoms with Crippen LogP contribution in [0.1, 0.15) is 38.5 Å². The predicted octanol–water partition coefficient (Wildman–Crippen LogP) is 2.25. The van der Waals surface area contributed by atoms with E-state index in [9.17, 15) is 0 Å². The molecule has 1 fully saturated rings. The Kier molecular flexibility index (Phi) is 5.46. The molecule has 1 saturated heterocycles. The lowest BCUT2D eigenvalue weighted by atomic mass is 9.98. The third-order valence-corrected chi connectivity index (χ3v) is 4.63. The first kappa shape index (κ1) is 16.2. The summed E-state index contributed by atoms with van der Waals surface area (Å²) in [4.78, 5) is 0. The van der Waals surface area contributed by atoms with Crippen LogP contribution in [0, 0.1) is 5.92 Å². The van der Waals surface area contributed by atoms with Gasteiger partial charge in [-0.15, -0.1) is 0 Å². The lowest BCUT2D eigenvalue weighted by Gasteiger charge is -2.22. The Morgan fingerprint density at radius 1 is 1.39 bits per heavy atom. The minimum atomic E-state index is 0.170. The molecule has 0 radical (unpaired) electrons. The first-order valence-corrected chi connectivity index (χ1v) is 8.62. The number of hydrogen-bond donors (Lipinski definition) is 1. The van der Waals surface area contributed by atoms with Gasteiger partial charge in [0, 0.05) is 56.8 Å². The Morgan fingerprint density at radius 3 is 3.09 bits per heavy atom. The molecular formula is C17H27N5O. The number of hydrogen-bond acceptors (Lipinski definition) is 4. The fourth-order valence-electron chi connectivity index (χ4n) is 3.23. The van der Waals surface area contributed by atoms with Gasteiger partial charge in [-0.2, -0.15) is 10.2 Å². The number of nitrogens with one attached hydrogen (secondary N) is 1. The Bertz CT molecular complexity index is 580. The SMILES string of the molecule is CCn1nccc1[C@@H]1OCC[C@H]1CNC(C)CCn1cccn1. The van der Waals surface area contributed by atoms with Crippen LogP contribution in [0.3, 0.4) is 0 Å². The van der Waals surface area contributed by atoms with Gasteiger partial charge < -0.3 is 10.1 Å². The summed E-state index contributed by atoms with van der Waals surface area (Å²) in [5, 5.41) is 12.3. The molecule has 0 amide bonds. The fourth-order valence-corrected chi connectivity index (χ4v) is 3.23. The number of aryl methyl sites for hydroxylation is 2. The summed E-state index contributed by atoms with van der Waals surface area (Å²) in [6.45, 7) is 8.03. The molecule has 0 saturated carbocycles. The van der Waals surface area contributed by atoms with E-state index in [1.807, 2.05) is 34.0 Å². The van der Waals surface area contributed by atoms with Crippen molar-refractivity contribution in [1.82, 2.24) is 24.9 Å². The van der Waals surface area contributed by atoms with E-state index in [-0.39, 0.29) is 6.10 Å².